The Morgan fingerprint density at radius 1 is 1.34 bits per heavy atom. The van der Waals surface area contributed by atoms with Crippen molar-refractivity contribution >= 4 is 23.3 Å². The molecule has 35 heavy (non-hydrogen) atoms. The van der Waals surface area contributed by atoms with Crippen molar-refractivity contribution in [2.75, 3.05) is 25.4 Å². The molecule has 2 atom stereocenters. The number of hydrogen-bond acceptors (Lipinski definition) is 7. The van der Waals surface area contributed by atoms with E-state index in [1.54, 1.807) is 11.3 Å². The van der Waals surface area contributed by atoms with Crippen LogP contribution in [0.1, 0.15) is 50.5 Å². The zero-order valence-electron chi connectivity index (χ0n) is 21.0. The molecule has 2 aromatic rings. The Kier molecular flexibility index (Phi) is 9.45. The van der Waals surface area contributed by atoms with Crippen LogP contribution in [0.3, 0.4) is 0 Å². The van der Waals surface area contributed by atoms with Gasteiger partial charge in [-0.3, -0.25) is 4.72 Å². The van der Waals surface area contributed by atoms with Gasteiger partial charge in [0.05, 0.1) is 11.7 Å². The van der Waals surface area contributed by atoms with E-state index in [9.17, 15) is 5.26 Å². The zero-order chi connectivity index (χ0) is 24.6. The Hall–Kier alpha value is -2.11. The highest BCUT2D eigenvalue weighted by molar-refractivity contribution is 7.97. The van der Waals surface area contributed by atoms with Crippen LogP contribution in [0.4, 0.5) is 0 Å². The van der Waals surface area contributed by atoms with Gasteiger partial charge < -0.3 is 9.64 Å². The molecule has 1 aliphatic heterocycles. The van der Waals surface area contributed by atoms with Gasteiger partial charge in [0.2, 0.25) is 0 Å². The Balaban J connectivity index is 1.31. The molecule has 1 saturated carbocycles. The van der Waals surface area contributed by atoms with E-state index in [2.05, 4.69) is 45.8 Å². The number of likely N-dealkylation sites (tertiary alicyclic amines) is 1. The first-order valence-corrected chi connectivity index (χ1v) is 14.5. The SMILES string of the molecule is CC(C)Oc1ccc(-c2ncc(C/C=C\C=C3/C(C)CCC3NSCCN3CCC3)s2)cc1C#N. The van der Waals surface area contributed by atoms with Crippen LogP contribution in [-0.2, 0) is 6.42 Å². The Labute approximate surface area is 218 Å². The summed E-state index contributed by atoms with van der Waals surface area (Å²) in [7, 11) is 0. The van der Waals surface area contributed by atoms with Crippen LogP contribution in [-0.4, -0.2) is 47.4 Å². The van der Waals surface area contributed by atoms with Crippen molar-refractivity contribution in [1.82, 2.24) is 14.6 Å². The van der Waals surface area contributed by atoms with Gasteiger partial charge in [-0.05, 0) is 75.9 Å². The van der Waals surface area contributed by atoms with Crippen LogP contribution in [0, 0.1) is 17.2 Å². The highest BCUT2D eigenvalue weighted by Gasteiger charge is 2.26. The minimum Gasteiger partial charge on any atom is -0.490 e. The first-order chi connectivity index (χ1) is 17.0. The van der Waals surface area contributed by atoms with E-state index < -0.39 is 0 Å². The number of rotatable bonds is 11. The summed E-state index contributed by atoms with van der Waals surface area (Å²) >= 11 is 3.56. The van der Waals surface area contributed by atoms with Crippen molar-refractivity contribution in [2.45, 2.75) is 58.6 Å². The summed E-state index contributed by atoms with van der Waals surface area (Å²) in [6.07, 6.45) is 13.4. The molecule has 5 nitrogen and oxygen atoms in total. The molecule has 1 aromatic heterocycles. The van der Waals surface area contributed by atoms with E-state index in [0.29, 0.717) is 23.3 Å². The number of ether oxygens (including phenoxy) is 1. The average molecular weight is 509 g/mol. The molecule has 0 spiro atoms. The molecule has 1 aromatic carbocycles. The molecule has 2 unspecified atom stereocenters. The van der Waals surface area contributed by atoms with E-state index in [0.717, 1.165) is 22.7 Å². The van der Waals surface area contributed by atoms with Gasteiger partial charge in [0, 0.05) is 41.4 Å². The first kappa shape index (κ1) is 26.0. The maximum atomic E-state index is 9.50. The standard InChI is InChI=1S/C28H36N4OS2/c1-20(2)33-27-12-10-22(17-23(27)18-29)28-30-19-24(35-28)7-4-5-8-25-21(3)9-11-26(25)31-34-16-15-32-13-6-14-32/h4-5,8,10,12,17,19-21,26,31H,6-7,9,11,13-16H2,1-3H3/b5-4-,25-8+. The minimum atomic E-state index is 0.0355. The summed E-state index contributed by atoms with van der Waals surface area (Å²) in [6.45, 7) is 10.0. The molecule has 2 fully saturated rings. The second-order valence-electron chi connectivity index (χ2n) is 9.61. The molecule has 1 N–H and O–H groups in total. The van der Waals surface area contributed by atoms with Gasteiger partial charge in [-0.2, -0.15) is 5.26 Å². The molecule has 4 rings (SSSR count). The maximum absolute atomic E-state index is 9.50. The number of nitrogens with one attached hydrogen (secondary N) is 1. The topological polar surface area (TPSA) is 61.2 Å². The lowest BCUT2D eigenvalue weighted by Crippen LogP contribution is -2.39. The van der Waals surface area contributed by atoms with Gasteiger partial charge in [0.15, 0.2) is 0 Å². The third-order valence-electron chi connectivity index (χ3n) is 6.55. The number of nitriles is 1. The summed E-state index contributed by atoms with van der Waals surface area (Å²) < 4.78 is 9.45. The summed E-state index contributed by atoms with van der Waals surface area (Å²) in [5.74, 6) is 2.42. The van der Waals surface area contributed by atoms with Crippen LogP contribution in [0.5, 0.6) is 5.75 Å². The second-order valence-corrected chi connectivity index (χ2v) is 11.7. The zero-order valence-corrected chi connectivity index (χ0v) is 22.6. The van der Waals surface area contributed by atoms with Gasteiger partial charge in [-0.15, -0.1) is 11.3 Å². The van der Waals surface area contributed by atoms with E-state index >= 15 is 0 Å². The summed E-state index contributed by atoms with van der Waals surface area (Å²) in [5.41, 5.74) is 3.03. The highest BCUT2D eigenvalue weighted by Crippen LogP contribution is 2.33. The number of aromatic nitrogens is 1. The van der Waals surface area contributed by atoms with Crippen molar-refractivity contribution in [3.05, 3.63) is 58.6 Å². The Bertz CT molecular complexity index is 1080. The molecule has 1 saturated heterocycles. The van der Waals surface area contributed by atoms with Crippen molar-refractivity contribution in [1.29, 1.82) is 5.26 Å². The molecule has 0 bridgehead atoms. The maximum Gasteiger partial charge on any atom is 0.137 e. The molecule has 7 heteroatoms. The van der Waals surface area contributed by atoms with Crippen LogP contribution >= 0.6 is 23.3 Å². The van der Waals surface area contributed by atoms with Gasteiger partial charge in [-0.25, -0.2) is 4.98 Å². The summed E-state index contributed by atoms with van der Waals surface area (Å²) in [4.78, 5) is 8.34. The molecule has 2 aliphatic rings. The monoisotopic (exact) mass is 508 g/mol. The number of benzene rings is 1. The van der Waals surface area contributed by atoms with Crippen LogP contribution in [0.15, 0.2) is 48.2 Å². The number of allylic oxidation sites excluding steroid dienone is 3. The fourth-order valence-corrected chi connectivity index (χ4v) is 6.25. The Morgan fingerprint density at radius 3 is 2.94 bits per heavy atom. The fraction of sp³-hybridized carbons (Fsp3) is 0.500. The molecule has 1 aliphatic carbocycles. The lowest BCUT2D eigenvalue weighted by Gasteiger charge is -2.30. The van der Waals surface area contributed by atoms with E-state index in [1.807, 2.05) is 50.2 Å². The van der Waals surface area contributed by atoms with Crippen molar-refractivity contribution in [3.8, 4) is 22.4 Å². The van der Waals surface area contributed by atoms with Gasteiger partial charge in [-0.1, -0.05) is 37.1 Å². The molecular weight excluding hydrogens is 472 g/mol. The average Bonchev–Trinajstić information content (AvgIpc) is 3.42. The molecule has 0 amide bonds. The van der Waals surface area contributed by atoms with Crippen molar-refractivity contribution in [2.24, 2.45) is 5.92 Å². The highest BCUT2D eigenvalue weighted by atomic mass is 32.2. The molecule has 0 radical (unpaired) electrons. The Morgan fingerprint density at radius 2 is 2.20 bits per heavy atom. The summed E-state index contributed by atoms with van der Waals surface area (Å²) in [6, 6.07) is 8.46. The predicted octanol–water partition coefficient (Wildman–Crippen LogP) is 6.24. The largest absolute Gasteiger partial charge is 0.490 e. The number of nitrogens with zero attached hydrogens (tertiary/aromatic N) is 3. The molecule has 186 valence electrons. The third-order valence-corrected chi connectivity index (χ3v) is 8.46. The smallest absolute Gasteiger partial charge is 0.137 e. The predicted molar refractivity (Wildman–Crippen MR) is 148 cm³/mol. The van der Waals surface area contributed by atoms with Crippen LogP contribution < -0.4 is 9.46 Å². The normalized spacial score (nSPS) is 21.6. The minimum absolute atomic E-state index is 0.0355. The lowest BCUT2D eigenvalue weighted by molar-refractivity contribution is 0.194. The van der Waals surface area contributed by atoms with Gasteiger partial charge in [0.25, 0.3) is 0 Å². The number of hydrogen-bond donors (Lipinski definition) is 1. The number of thiazole rings is 1. The van der Waals surface area contributed by atoms with E-state index in [1.165, 1.54) is 49.3 Å². The van der Waals surface area contributed by atoms with Crippen molar-refractivity contribution in [3.63, 3.8) is 0 Å². The quantitative estimate of drug-likeness (QED) is 0.287. The third kappa shape index (κ3) is 7.20. The van der Waals surface area contributed by atoms with E-state index in [-0.39, 0.29) is 6.10 Å². The molecule has 2 heterocycles. The second kappa shape index (κ2) is 12.7. The lowest BCUT2D eigenvalue weighted by atomic mass is 10.0. The first-order valence-electron chi connectivity index (χ1n) is 12.7. The van der Waals surface area contributed by atoms with Gasteiger partial charge >= 0.3 is 0 Å². The van der Waals surface area contributed by atoms with Crippen LogP contribution in [0.25, 0.3) is 10.6 Å². The molecular formula is C28H36N4OS2. The van der Waals surface area contributed by atoms with Gasteiger partial charge in [0.1, 0.15) is 16.8 Å². The van der Waals surface area contributed by atoms with Crippen molar-refractivity contribution < 1.29 is 4.74 Å². The van der Waals surface area contributed by atoms with E-state index in [4.69, 9.17) is 4.74 Å². The fourth-order valence-electron chi connectivity index (χ4n) is 4.45. The van der Waals surface area contributed by atoms with Crippen LogP contribution in [0.2, 0.25) is 0 Å². The summed E-state index contributed by atoms with van der Waals surface area (Å²) in [5, 5.41) is 10.4.